The van der Waals surface area contributed by atoms with Crippen LogP contribution >= 0.6 is 0 Å². The number of ether oxygens (including phenoxy) is 2. The average Bonchev–Trinajstić information content (AvgIpc) is 3.33. The van der Waals surface area contributed by atoms with Gasteiger partial charge in [-0.25, -0.2) is 8.42 Å². The quantitative estimate of drug-likeness (QED) is 0.831. The Hall–Kier alpha value is -2.05. The van der Waals surface area contributed by atoms with Crippen molar-refractivity contribution in [3.05, 3.63) is 54.1 Å². The van der Waals surface area contributed by atoms with E-state index in [4.69, 9.17) is 9.47 Å². The summed E-state index contributed by atoms with van der Waals surface area (Å²) in [6, 6.07) is 13.6. The number of rotatable bonds is 6. The van der Waals surface area contributed by atoms with Gasteiger partial charge in [-0.2, -0.15) is 0 Å². The molecule has 3 rings (SSSR count). The fourth-order valence-corrected chi connectivity index (χ4v) is 3.10. The number of benzene rings is 2. The maximum atomic E-state index is 12.4. The molecule has 2 aromatic carbocycles. The molecule has 1 N–H and O–H groups in total. The Balaban J connectivity index is 1.79. The van der Waals surface area contributed by atoms with E-state index < -0.39 is 10.0 Å². The molecule has 5 nitrogen and oxygen atoms in total. The van der Waals surface area contributed by atoms with Crippen LogP contribution in [0.25, 0.3) is 0 Å². The molecular formula is C16H17NO4S. The van der Waals surface area contributed by atoms with Crippen molar-refractivity contribution in [2.45, 2.75) is 17.9 Å². The van der Waals surface area contributed by atoms with E-state index in [0.29, 0.717) is 18.0 Å². The van der Waals surface area contributed by atoms with Crippen molar-refractivity contribution in [3.63, 3.8) is 0 Å². The summed E-state index contributed by atoms with van der Waals surface area (Å²) in [7, 11) is -3.60. The maximum Gasteiger partial charge on any atom is 0.261 e. The number of anilines is 1. The van der Waals surface area contributed by atoms with E-state index in [-0.39, 0.29) is 11.0 Å². The summed E-state index contributed by atoms with van der Waals surface area (Å²) < 4.78 is 38.0. The first-order valence-electron chi connectivity index (χ1n) is 6.97. The third kappa shape index (κ3) is 3.58. The van der Waals surface area contributed by atoms with Crippen LogP contribution in [-0.2, 0) is 14.8 Å². The predicted octanol–water partition coefficient (Wildman–Crippen LogP) is 2.57. The number of sulfonamides is 1. The Morgan fingerprint density at radius 2 is 1.95 bits per heavy atom. The minimum Gasteiger partial charge on any atom is -0.491 e. The SMILES string of the molecule is Cc1ccc(OCC2CO2)cc1NS(=O)(=O)c1ccccc1. The number of hydrogen-bond acceptors (Lipinski definition) is 4. The van der Waals surface area contributed by atoms with Gasteiger partial charge in [-0.1, -0.05) is 24.3 Å². The number of aryl methyl sites for hydroxylation is 1. The summed E-state index contributed by atoms with van der Waals surface area (Å²) in [6.45, 7) is 3.05. The van der Waals surface area contributed by atoms with Crippen molar-refractivity contribution in [1.82, 2.24) is 0 Å². The summed E-state index contributed by atoms with van der Waals surface area (Å²) >= 11 is 0. The van der Waals surface area contributed by atoms with Crippen molar-refractivity contribution < 1.29 is 17.9 Å². The van der Waals surface area contributed by atoms with Crippen LogP contribution in [0.2, 0.25) is 0 Å². The van der Waals surface area contributed by atoms with Crippen molar-refractivity contribution in [2.24, 2.45) is 0 Å². The van der Waals surface area contributed by atoms with Crippen molar-refractivity contribution >= 4 is 15.7 Å². The molecule has 1 unspecified atom stereocenters. The molecule has 1 heterocycles. The monoisotopic (exact) mass is 319 g/mol. The topological polar surface area (TPSA) is 67.9 Å². The lowest BCUT2D eigenvalue weighted by Crippen LogP contribution is -2.14. The first-order chi connectivity index (χ1) is 10.5. The molecule has 0 bridgehead atoms. The molecule has 116 valence electrons. The van der Waals surface area contributed by atoms with E-state index in [1.807, 2.05) is 19.1 Å². The molecular weight excluding hydrogens is 302 g/mol. The highest BCUT2D eigenvalue weighted by atomic mass is 32.2. The fraction of sp³-hybridized carbons (Fsp3) is 0.250. The molecule has 0 amide bonds. The second kappa shape index (κ2) is 5.98. The number of hydrogen-bond donors (Lipinski definition) is 1. The van der Waals surface area contributed by atoms with Gasteiger partial charge in [-0.3, -0.25) is 4.72 Å². The summed E-state index contributed by atoms with van der Waals surface area (Å²) in [4.78, 5) is 0.229. The fourth-order valence-electron chi connectivity index (χ4n) is 1.96. The molecule has 1 fully saturated rings. The Labute approximate surface area is 129 Å². The third-order valence-electron chi connectivity index (χ3n) is 3.35. The molecule has 1 aliphatic rings. The van der Waals surface area contributed by atoms with Gasteiger partial charge < -0.3 is 9.47 Å². The van der Waals surface area contributed by atoms with Gasteiger partial charge in [-0.05, 0) is 30.7 Å². The van der Waals surface area contributed by atoms with Gasteiger partial charge in [0.15, 0.2) is 0 Å². The van der Waals surface area contributed by atoms with Crippen molar-refractivity contribution in [2.75, 3.05) is 17.9 Å². The van der Waals surface area contributed by atoms with Gasteiger partial charge in [0.25, 0.3) is 10.0 Å². The molecule has 0 saturated carbocycles. The Bertz CT molecular complexity index is 755. The molecule has 0 radical (unpaired) electrons. The molecule has 0 aliphatic carbocycles. The van der Waals surface area contributed by atoms with Crippen molar-refractivity contribution in [3.8, 4) is 5.75 Å². The van der Waals surface area contributed by atoms with E-state index in [9.17, 15) is 8.42 Å². The van der Waals surface area contributed by atoms with Crippen LogP contribution in [-0.4, -0.2) is 27.7 Å². The standard InChI is InChI=1S/C16H17NO4S/c1-12-7-8-13(20-10-14-11-21-14)9-16(12)17-22(18,19)15-5-3-2-4-6-15/h2-9,14,17H,10-11H2,1H3. The Morgan fingerprint density at radius 1 is 1.23 bits per heavy atom. The van der Waals surface area contributed by atoms with E-state index in [0.717, 1.165) is 12.2 Å². The van der Waals surface area contributed by atoms with Crippen LogP contribution in [0.4, 0.5) is 5.69 Å². The third-order valence-corrected chi connectivity index (χ3v) is 4.73. The first-order valence-corrected chi connectivity index (χ1v) is 8.46. The van der Waals surface area contributed by atoms with Crippen LogP contribution in [0.3, 0.4) is 0 Å². The smallest absolute Gasteiger partial charge is 0.261 e. The van der Waals surface area contributed by atoms with Gasteiger partial charge in [0.2, 0.25) is 0 Å². The lowest BCUT2D eigenvalue weighted by Gasteiger charge is -2.12. The summed E-state index contributed by atoms with van der Waals surface area (Å²) in [5, 5.41) is 0. The van der Waals surface area contributed by atoms with E-state index in [1.54, 1.807) is 36.4 Å². The van der Waals surface area contributed by atoms with Crippen LogP contribution in [0, 0.1) is 6.92 Å². The predicted molar refractivity (Wildman–Crippen MR) is 83.7 cm³/mol. The van der Waals surface area contributed by atoms with Gasteiger partial charge in [-0.15, -0.1) is 0 Å². The van der Waals surface area contributed by atoms with Gasteiger partial charge in [0, 0.05) is 6.07 Å². The van der Waals surface area contributed by atoms with Gasteiger partial charge in [0.05, 0.1) is 17.2 Å². The summed E-state index contributed by atoms with van der Waals surface area (Å²) in [5.41, 5.74) is 1.34. The Morgan fingerprint density at radius 3 is 2.64 bits per heavy atom. The zero-order chi connectivity index (χ0) is 15.6. The minimum absolute atomic E-state index is 0.158. The van der Waals surface area contributed by atoms with Crippen LogP contribution in [0.1, 0.15) is 5.56 Å². The van der Waals surface area contributed by atoms with E-state index >= 15 is 0 Å². The molecule has 6 heteroatoms. The van der Waals surface area contributed by atoms with Crippen LogP contribution in [0.5, 0.6) is 5.75 Å². The molecule has 1 aliphatic heterocycles. The molecule has 0 spiro atoms. The molecule has 22 heavy (non-hydrogen) atoms. The number of nitrogens with one attached hydrogen (secondary N) is 1. The Kier molecular flexibility index (Phi) is 4.04. The first kappa shape index (κ1) is 14.9. The van der Waals surface area contributed by atoms with E-state index in [2.05, 4.69) is 4.72 Å². The highest BCUT2D eigenvalue weighted by Gasteiger charge is 2.23. The molecule has 1 atom stereocenters. The normalized spacial score (nSPS) is 17.0. The number of epoxide rings is 1. The minimum atomic E-state index is -3.60. The van der Waals surface area contributed by atoms with E-state index in [1.165, 1.54) is 0 Å². The highest BCUT2D eigenvalue weighted by molar-refractivity contribution is 7.92. The zero-order valence-electron chi connectivity index (χ0n) is 12.2. The maximum absolute atomic E-state index is 12.4. The van der Waals surface area contributed by atoms with Crippen molar-refractivity contribution in [1.29, 1.82) is 0 Å². The van der Waals surface area contributed by atoms with Crippen LogP contribution < -0.4 is 9.46 Å². The van der Waals surface area contributed by atoms with Gasteiger partial charge >= 0.3 is 0 Å². The second-order valence-electron chi connectivity index (χ2n) is 5.16. The average molecular weight is 319 g/mol. The zero-order valence-corrected chi connectivity index (χ0v) is 13.0. The summed E-state index contributed by atoms with van der Waals surface area (Å²) in [6.07, 6.45) is 0.158. The van der Waals surface area contributed by atoms with Crippen LogP contribution in [0.15, 0.2) is 53.4 Å². The lowest BCUT2D eigenvalue weighted by atomic mass is 10.2. The summed E-state index contributed by atoms with van der Waals surface area (Å²) in [5.74, 6) is 0.617. The molecule has 1 saturated heterocycles. The second-order valence-corrected chi connectivity index (χ2v) is 6.84. The largest absolute Gasteiger partial charge is 0.491 e. The highest BCUT2D eigenvalue weighted by Crippen LogP contribution is 2.25. The lowest BCUT2D eigenvalue weighted by molar-refractivity contribution is 0.263. The van der Waals surface area contributed by atoms with Gasteiger partial charge in [0.1, 0.15) is 18.5 Å². The molecule has 2 aromatic rings. The molecule has 0 aromatic heterocycles.